The first kappa shape index (κ1) is 8.59. The van der Waals surface area contributed by atoms with E-state index in [1.54, 1.807) is 0 Å². The third-order valence-corrected chi connectivity index (χ3v) is 2.55. The molecule has 0 spiro atoms. The minimum atomic E-state index is 0.348. The van der Waals surface area contributed by atoms with Gasteiger partial charge in [0.15, 0.2) is 0 Å². The van der Waals surface area contributed by atoms with Crippen molar-refractivity contribution in [2.75, 3.05) is 20.8 Å². The minimum absolute atomic E-state index is 0.348. The molecule has 0 aromatic rings. The van der Waals surface area contributed by atoms with E-state index in [9.17, 15) is 0 Å². The van der Waals surface area contributed by atoms with Gasteiger partial charge in [0.2, 0.25) is 0 Å². The van der Waals surface area contributed by atoms with E-state index >= 15 is 0 Å². The predicted molar refractivity (Wildman–Crippen MR) is 52.3 cm³/mol. The van der Waals surface area contributed by atoms with Crippen molar-refractivity contribution in [1.29, 1.82) is 0 Å². The average Bonchev–Trinajstić information content (AvgIpc) is 2.41. The lowest BCUT2D eigenvalue weighted by Gasteiger charge is -2.21. The average molecular weight is 180 g/mol. The maximum Gasteiger partial charge on any atom is 0.116 e. The van der Waals surface area contributed by atoms with Gasteiger partial charge in [-0.3, -0.25) is 0 Å². The third kappa shape index (κ3) is 1.55. The molecule has 0 bridgehead atoms. The van der Waals surface area contributed by atoms with Gasteiger partial charge in [-0.2, -0.15) is 0 Å². The fourth-order valence-corrected chi connectivity index (χ4v) is 1.70. The first-order chi connectivity index (χ1) is 6.31. The van der Waals surface area contributed by atoms with Crippen LogP contribution in [-0.4, -0.2) is 36.8 Å². The van der Waals surface area contributed by atoms with E-state index in [1.807, 2.05) is 7.05 Å². The van der Waals surface area contributed by atoms with Gasteiger partial charge in [0.25, 0.3) is 0 Å². The zero-order valence-corrected chi connectivity index (χ0v) is 8.12. The highest BCUT2D eigenvalue weighted by atomic mass is 15.7. The Morgan fingerprint density at radius 3 is 3.23 bits per heavy atom. The molecule has 2 aliphatic heterocycles. The molecule has 2 rings (SSSR count). The highest BCUT2D eigenvalue weighted by molar-refractivity contribution is 5.14. The first-order valence-corrected chi connectivity index (χ1v) is 4.58. The second-order valence-electron chi connectivity index (χ2n) is 3.39. The summed E-state index contributed by atoms with van der Waals surface area (Å²) in [6.07, 6.45) is 7.93. The Hall–Kier alpha value is -1.00. The van der Waals surface area contributed by atoms with Gasteiger partial charge in [-0.25, -0.2) is 10.4 Å². The molecule has 2 aliphatic rings. The lowest BCUT2D eigenvalue weighted by atomic mass is 10.3. The van der Waals surface area contributed by atoms with Gasteiger partial charge in [-0.15, -0.1) is 0 Å². The van der Waals surface area contributed by atoms with Crippen LogP contribution in [0.3, 0.4) is 0 Å². The van der Waals surface area contributed by atoms with Crippen molar-refractivity contribution in [3.05, 3.63) is 24.0 Å². The van der Waals surface area contributed by atoms with E-state index in [4.69, 9.17) is 0 Å². The van der Waals surface area contributed by atoms with Crippen molar-refractivity contribution in [3.8, 4) is 0 Å². The fourth-order valence-electron chi connectivity index (χ4n) is 1.70. The van der Waals surface area contributed by atoms with Crippen molar-refractivity contribution >= 4 is 0 Å². The summed E-state index contributed by atoms with van der Waals surface area (Å²) in [7, 11) is 4.03. The second-order valence-corrected chi connectivity index (χ2v) is 3.39. The van der Waals surface area contributed by atoms with Crippen LogP contribution in [0.25, 0.3) is 0 Å². The Balaban J connectivity index is 2.21. The lowest BCUT2D eigenvalue weighted by molar-refractivity contribution is 0.224. The summed E-state index contributed by atoms with van der Waals surface area (Å²) in [5, 5.41) is 5.32. The maximum absolute atomic E-state index is 3.27. The largest absolute Gasteiger partial charge is 0.391 e. The van der Waals surface area contributed by atoms with Gasteiger partial charge < -0.3 is 10.2 Å². The summed E-state index contributed by atoms with van der Waals surface area (Å²) >= 11 is 0. The van der Waals surface area contributed by atoms with Gasteiger partial charge in [0.1, 0.15) is 6.17 Å². The monoisotopic (exact) mass is 180 g/mol. The molecule has 2 N–H and O–H groups in total. The van der Waals surface area contributed by atoms with Crippen LogP contribution in [-0.2, 0) is 0 Å². The van der Waals surface area contributed by atoms with E-state index in [2.05, 4.69) is 46.1 Å². The number of likely N-dealkylation sites (N-methyl/N-ethyl adjacent to an activating group) is 1. The van der Waals surface area contributed by atoms with Gasteiger partial charge >= 0.3 is 0 Å². The van der Waals surface area contributed by atoms with Crippen molar-refractivity contribution in [3.63, 3.8) is 0 Å². The van der Waals surface area contributed by atoms with Gasteiger partial charge in [0, 0.05) is 26.2 Å². The summed E-state index contributed by atoms with van der Waals surface area (Å²) in [5.41, 5.74) is 4.55. The normalized spacial score (nSPS) is 28.3. The van der Waals surface area contributed by atoms with Crippen molar-refractivity contribution < 1.29 is 0 Å². The van der Waals surface area contributed by atoms with Crippen molar-refractivity contribution in [2.45, 2.75) is 12.6 Å². The smallest absolute Gasteiger partial charge is 0.116 e. The zero-order chi connectivity index (χ0) is 9.26. The van der Waals surface area contributed by atoms with Crippen molar-refractivity contribution in [1.82, 2.24) is 20.7 Å². The molecule has 1 unspecified atom stereocenters. The third-order valence-electron chi connectivity index (χ3n) is 2.55. The van der Waals surface area contributed by atoms with Gasteiger partial charge in [-0.05, 0) is 12.3 Å². The molecule has 0 saturated carbocycles. The number of hydrazine groups is 1. The Kier molecular flexibility index (Phi) is 2.24. The van der Waals surface area contributed by atoms with E-state index in [-0.39, 0.29) is 0 Å². The molecule has 2 heterocycles. The number of nitrogens with zero attached hydrogens (tertiary/aromatic N) is 2. The molecule has 4 nitrogen and oxygen atoms in total. The van der Waals surface area contributed by atoms with Crippen LogP contribution in [0.15, 0.2) is 24.0 Å². The van der Waals surface area contributed by atoms with Crippen LogP contribution in [0.5, 0.6) is 0 Å². The molecule has 0 aromatic carbocycles. The minimum Gasteiger partial charge on any atom is -0.391 e. The topological polar surface area (TPSA) is 30.5 Å². The van der Waals surface area contributed by atoms with E-state index in [1.165, 1.54) is 5.70 Å². The molecule has 1 fully saturated rings. The maximum atomic E-state index is 3.27. The number of rotatable bonds is 1. The van der Waals surface area contributed by atoms with Crippen LogP contribution in [0.1, 0.15) is 6.42 Å². The molecule has 0 radical (unpaired) electrons. The Morgan fingerprint density at radius 1 is 1.62 bits per heavy atom. The van der Waals surface area contributed by atoms with E-state index in [0.29, 0.717) is 6.17 Å². The zero-order valence-electron chi connectivity index (χ0n) is 8.12. The predicted octanol–water partition coefficient (Wildman–Crippen LogP) is 0.0427. The second kappa shape index (κ2) is 3.40. The highest BCUT2D eigenvalue weighted by Gasteiger charge is 2.25. The van der Waals surface area contributed by atoms with Gasteiger partial charge in [-0.1, -0.05) is 6.08 Å². The molecule has 72 valence electrons. The molecule has 4 heteroatoms. The highest BCUT2D eigenvalue weighted by Crippen LogP contribution is 2.16. The molecule has 0 aromatic heterocycles. The SMILES string of the molecule is CNC1=CC2N(C=CC1)CNN2C. The summed E-state index contributed by atoms with van der Waals surface area (Å²) < 4.78 is 0. The van der Waals surface area contributed by atoms with E-state index in [0.717, 1.165) is 13.1 Å². The molecular formula is C9H16N4. The number of allylic oxidation sites excluding steroid dienone is 1. The van der Waals surface area contributed by atoms with E-state index < -0.39 is 0 Å². The summed E-state index contributed by atoms with van der Waals surface area (Å²) in [4.78, 5) is 2.27. The number of hydrogen-bond acceptors (Lipinski definition) is 4. The number of fused-ring (bicyclic) bond motifs is 1. The number of hydrogen-bond donors (Lipinski definition) is 2. The van der Waals surface area contributed by atoms with Crippen LogP contribution in [0, 0.1) is 0 Å². The standard InChI is InChI=1S/C9H16N4/c1-10-8-4-3-5-13-7-11-12(2)9(13)6-8/h3,5-6,9-11H,4,7H2,1-2H3. The van der Waals surface area contributed by atoms with Crippen LogP contribution < -0.4 is 10.7 Å². The van der Waals surface area contributed by atoms with Crippen LogP contribution >= 0.6 is 0 Å². The molecule has 0 aliphatic carbocycles. The van der Waals surface area contributed by atoms with Gasteiger partial charge in [0.05, 0.1) is 6.67 Å². The summed E-state index contributed by atoms with van der Waals surface area (Å²) in [6, 6.07) is 0. The molecule has 1 atom stereocenters. The Labute approximate surface area is 78.9 Å². The fraction of sp³-hybridized carbons (Fsp3) is 0.556. The molecule has 0 amide bonds. The Morgan fingerprint density at radius 2 is 2.46 bits per heavy atom. The van der Waals surface area contributed by atoms with Crippen LogP contribution in [0.4, 0.5) is 0 Å². The lowest BCUT2D eigenvalue weighted by Crippen LogP contribution is -2.35. The summed E-state index contributed by atoms with van der Waals surface area (Å²) in [5.74, 6) is 0. The summed E-state index contributed by atoms with van der Waals surface area (Å²) in [6.45, 7) is 0.894. The molecule has 1 saturated heterocycles. The van der Waals surface area contributed by atoms with Crippen molar-refractivity contribution in [2.24, 2.45) is 0 Å². The molecular weight excluding hydrogens is 164 g/mol. The first-order valence-electron chi connectivity index (χ1n) is 4.58. The number of nitrogens with one attached hydrogen (secondary N) is 2. The van der Waals surface area contributed by atoms with Crippen LogP contribution in [0.2, 0.25) is 0 Å². The molecule has 13 heavy (non-hydrogen) atoms. The quantitative estimate of drug-likeness (QED) is 0.596. The Bertz CT molecular complexity index is 246.